The molecule has 1 nitrogen and oxygen atoms in total. The maximum atomic E-state index is 14.5. The third-order valence-corrected chi connectivity index (χ3v) is 7.46. The van der Waals surface area contributed by atoms with Crippen LogP contribution in [0.3, 0.4) is 0 Å². The molecule has 4 rings (SSSR count). The molecule has 5 heteroatoms. The average Bonchev–Trinajstić information content (AvgIpc) is 2.85. The van der Waals surface area contributed by atoms with Crippen molar-refractivity contribution >= 4 is 10.8 Å². The first-order valence-electron chi connectivity index (χ1n) is 12.9. The Balaban J connectivity index is 1.34. The van der Waals surface area contributed by atoms with E-state index >= 15 is 0 Å². The van der Waals surface area contributed by atoms with E-state index in [9.17, 15) is 17.6 Å². The lowest BCUT2D eigenvalue weighted by Crippen LogP contribution is -2.17. The van der Waals surface area contributed by atoms with Gasteiger partial charge in [0.25, 0.3) is 0 Å². The molecule has 0 amide bonds. The van der Waals surface area contributed by atoms with E-state index in [1.54, 1.807) is 12.1 Å². The molecular formula is C30H34F4O. The van der Waals surface area contributed by atoms with E-state index in [0.717, 1.165) is 35.4 Å². The number of rotatable bonds is 9. The van der Waals surface area contributed by atoms with Crippen LogP contribution in [0.2, 0.25) is 0 Å². The van der Waals surface area contributed by atoms with Crippen LogP contribution in [0, 0.1) is 17.7 Å². The molecule has 1 saturated carbocycles. The number of ether oxygens (including phenoxy) is 1. The van der Waals surface area contributed by atoms with Crippen LogP contribution < -0.4 is 4.74 Å². The third kappa shape index (κ3) is 6.99. The van der Waals surface area contributed by atoms with Crippen LogP contribution in [-0.4, -0.2) is 6.36 Å². The number of hydrogen-bond donors (Lipinski definition) is 0. The van der Waals surface area contributed by atoms with E-state index in [1.165, 1.54) is 75.5 Å². The van der Waals surface area contributed by atoms with E-state index in [1.807, 2.05) is 0 Å². The van der Waals surface area contributed by atoms with Crippen LogP contribution in [0.15, 0.2) is 54.6 Å². The molecule has 1 fully saturated rings. The maximum Gasteiger partial charge on any atom is 0.573 e. The lowest BCUT2D eigenvalue weighted by atomic mass is 9.78. The normalized spacial score (nSPS) is 18.7. The highest BCUT2D eigenvalue weighted by Crippen LogP contribution is 2.35. The predicted octanol–water partition coefficient (Wildman–Crippen LogP) is 9.86. The Morgan fingerprint density at radius 1 is 0.800 bits per heavy atom. The lowest BCUT2D eigenvalue weighted by molar-refractivity contribution is -0.275. The molecule has 3 aromatic rings. The van der Waals surface area contributed by atoms with E-state index in [2.05, 4.69) is 35.9 Å². The molecule has 0 saturated heterocycles. The highest BCUT2D eigenvalue weighted by atomic mass is 19.4. The van der Waals surface area contributed by atoms with Gasteiger partial charge in [-0.2, -0.15) is 0 Å². The number of unbranched alkanes of at least 4 members (excludes halogenated alkanes) is 2. The fourth-order valence-electron chi connectivity index (χ4n) is 5.38. The summed E-state index contributed by atoms with van der Waals surface area (Å²) >= 11 is 0. The quantitative estimate of drug-likeness (QED) is 0.216. The Hall–Kier alpha value is -2.56. The van der Waals surface area contributed by atoms with E-state index in [4.69, 9.17) is 0 Å². The Labute approximate surface area is 205 Å². The minimum Gasteiger partial charge on any atom is -0.403 e. The Kier molecular flexibility index (Phi) is 8.35. The zero-order valence-corrected chi connectivity index (χ0v) is 20.3. The van der Waals surface area contributed by atoms with Gasteiger partial charge in [-0.3, -0.25) is 0 Å². The smallest absolute Gasteiger partial charge is 0.403 e. The van der Waals surface area contributed by atoms with Gasteiger partial charge in [0.05, 0.1) is 0 Å². The molecule has 3 aromatic carbocycles. The summed E-state index contributed by atoms with van der Waals surface area (Å²) in [4.78, 5) is 0. The molecule has 0 aliphatic heterocycles. The molecule has 0 atom stereocenters. The van der Waals surface area contributed by atoms with Gasteiger partial charge in [0.1, 0.15) is 0 Å². The highest BCUT2D eigenvalue weighted by molar-refractivity contribution is 5.89. The fraction of sp³-hybridized carbons (Fsp3) is 0.467. The van der Waals surface area contributed by atoms with Gasteiger partial charge in [-0.15, -0.1) is 13.2 Å². The summed E-state index contributed by atoms with van der Waals surface area (Å²) < 4.78 is 55.7. The molecule has 0 spiro atoms. The SMILES string of the molecule is CCCCCC1CCC(CCc2ccc(-c3ccc4c(F)c(OC(F)(F)F)ccc4c3)cc2)CC1. The molecule has 0 bridgehead atoms. The van der Waals surface area contributed by atoms with Gasteiger partial charge < -0.3 is 4.74 Å². The van der Waals surface area contributed by atoms with E-state index in [0.29, 0.717) is 5.39 Å². The first kappa shape index (κ1) is 25.5. The summed E-state index contributed by atoms with van der Waals surface area (Å²) in [6.07, 6.45) is 8.34. The standard InChI is InChI=1S/C30H34F4O/c1-2-3-4-5-21-6-8-22(9-7-21)10-11-23-12-14-24(15-13-23)25-16-18-27-26(20-25)17-19-28(29(27)31)35-30(32,33)34/h12-22H,2-11H2,1H3. The second-order valence-electron chi connectivity index (χ2n) is 9.98. The second-order valence-corrected chi connectivity index (χ2v) is 9.98. The lowest BCUT2D eigenvalue weighted by Gasteiger charge is -2.28. The van der Waals surface area contributed by atoms with Crippen LogP contribution in [0.1, 0.15) is 70.3 Å². The van der Waals surface area contributed by atoms with Crippen molar-refractivity contribution < 1.29 is 22.3 Å². The summed E-state index contributed by atoms with van der Waals surface area (Å²) in [6, 6.07) is 16.0. The monoisotopic (exact) mass is 486 g/mol. The third-order valence-electron chi connectivity index (χ3n) is 7.46. The molecule has 0 heterocycles. The van der Waals surface area contributed by atoms with Crippen LogP contribution in [0.4, 0.5) is 17.6 Å². The van der Waals surface area contributed by atoms with Crippen LogP contribution >= 0.6 is 0 Å². The number of fused-ring (bicyclic) bond motifs is 1. The minimum atomic E-state index is -4.93. The number of benzene rings is 3. The summed E-state index contributed by atoms with van der Waals surface area (Å²) in [5.74, 6) is -0.0428. The zero-order chi connectivity index (χ0) is 24.8. The van der Waals surface area contributed by atoms with Crippen molar-refractivity contribution in [2.24, 2.45) is 11.8 Å². The summed E-state index contributed by atoms with van der Waals surface area (Å²) in [6.45, 7) is 2.27. The molecule has 188 valence electrons. The van der Waals surface area contributed by atoms with Gasteiger partial charge in [-0.1, -0.05) is 101 Å². The number of hydrogen-bond acceptors (Lipinski definition) is 1. The molecule has 35 heavy (non-hydrogen) atoms. The molecule has 0 radical (unpaired) electrons. The topological polar surface area (TPSA) is 9.23 Å². The zero-order valence-electron chi connectivity index (χ0n) is 20.3. The molecule has 0 unspecified atom stereocenters. The number of halogens is 4. The molecular weight excluding hydrogens is 452 g/mol. The second kappa shape index (κ2) is 11.5. The summed E-state index contributed by atoms with van der Waals surface area (Å²) in [5, 5.41) is 0.635. The first-order valence-corrected chi connectivity index (χ1v) is 12.9. The first-order chi connectivity index (χ1) is 16.8. The molecule has 1 aliphatic carbocycles. The maximum absolute atomic E-state index is 14.5. The van der Waals surface area contributed by atoms with Crippen molar-refractivity contribution in [1.29, 1.82) is 0 Å². The minimum absolute atomic E-state index is 0.104. The van der Waals surface area contributed by atoms with Crippen molar-refractivity contribution in [1.82, 2.24) is 0 Å². The number of alkyl halides is 3. The van der Waals surface area contributed by atoms with Crippen molar-refractivity contribution in [2.75, 3.05) is 0 Å². The van der Waals surface area contributed by atoms with Crippen molar-refractivity contribution in [3.05, 3.63) is 66.0 Å². The highest BCUT2D eigenvalue weighted by Gasteiger charge is 2.32. The Morgan fingerprint density at radius 2 is 1.46 bits per heavy atom. The van der Waals surface area contributed by atoms with Gasteiger partial charge in [0, 0.05) is 5.39 Å². The van der Waals surface area contributed by atoms with Crippen LogP contribution in [-0.2, 0) is 6.42 Å². The van der Waals surface area contributed by atoms with Gasteiger partial charge in [0.15, 0.2) is 11.6 Å². The van der Waals surface area contributed by atoms with Gasteiger partial charge in [-0.25, -0.2) is 4.39 Å². The average molecular weight is 487 g/mol. The van der Waals surface area contributed by atoms with Crippen molar-refractivity contribution in [3.8, 4) is 16.9 Å². The van der Waals surface area contributed by atoms with E-state index in [-0.39, 0.29) is 5.39 Å². The Bertz CT molecular complexity index is 1100. The van der Waals surface area contributed by atoms with Crippen LogP contribution in [0.25, 0.3) is 21.9 Å². The van der Waals surface area contributed by atoms with Gasteiger partial charge in [-0.05, 0) is 58.9 Å². The van der Waals surface area contributed by atoms with E-state index < -0.39 is 17.9 Å². The van der Waals surface area contributed by atoms with Gasteiger partial charge >= 0.3 is 6.36 Å². The van der Waals surface area contributed by atoms with Crippen molar-refractivity contribution in [3.63, 3.8) is 0 Å². The summed E-state index contributed by atoms with van der Waals surface area (Å²) in [5.41, 5.74) is 3.22. The summed E-state index contributed by atoms with van der Waals surface area (Å²) in [7, 11) is 0. The molecule has 1 aliphatic rings. The Morgan fingerprint density at radius 3 is 2.11 bits per heavy atom. The number of aryl methyl sites for hydroxylation is 1. The largest absolute Gasteiger partial charge is 0.573 e. The fourth-order valence-corrected chi connectivity index (χ4v) is 5.38. The predicted molar refractivity (Wildman–Crippen MR) is 134 cm³/mol. The van der Waals surface area contributed by atoms with Crippen molar-refractivity contribution in [2.45, 2.75) is 77.5 Å². The molecule has 0 aromatic heterocycles. The van der Waals surface area contributed by atoms with Crippen LogP contribution in [0.5, 0.6) is 5.75 Å². The molecule has 0 N–H and O–H groups in total. The van der Waals surface area contributed by atoms with Gasteiger partial charge in [0.2, 0.25) is 0 Å².